The summed E-state index contributed by atoms with van der Waals surface area (Å²) >= 11 is 0. The van der Waals surface area contributed by atoms with Gasteiger partial charge in [-0.15, -0.1) is 0 Å². The number of hydrogen-bond acceptors (Lipinski definition) is 2. The van der Waals surface area contributed by atoms with E-state index in [1.165, 1.54) is 0 Å². The number of rotatable bonds is 2. The summed E-state index contributed by atoms with van der Waals surface area (Å²) in [6, 6.07) is 0. The van der Waals surface area contributed by atoms with Gasteiger partial charge in [0.2, 0.25) is 0 Å². The third kappa shape index (κ3) is 1.50. The lowest BCUT2D eigenvalue weighted by Gasteiger charge is -2.26. The smallest absolute Gasteiger partial charge is 0.0763 e. The zero-order valence-electron chi connectivity index (χ0n) is 7.11. The van der Waals surface area contributed by atoms with E-state index in [2.05, 4.69) is 26.1 Å². The van der Waals surface area contributed by atoms with Crippen LogP contribution in [0, 0.1) is 0 Å². The summed E-state index contributed by atoms with van der Waals surface area (Å²) in [7, 11) is 0. The molecule has 0 aromatic carbocycles. The van der Waals surface area contributed by atoms with Crippen LogP contribution in [0.2, 0.25) is 0 Å². The van der Waals surface area contributed by atoms with Crippen molar-refractivity contribution in [1.29, 1.82) is 0 Å². The molecular weight excluding hydrogens is 126 g/mol. The van der Waals surface area contributed by atoms with Gasteiger partial charge < -0.3 is 10.1 Å². The summed E-state index contributed by atoms with van der Waals surface area (Å²) < 4.78 is 5.56. The monoisotopic (exact) mass is 143 g/mol. The molecule has 0 spiro atoms. The summed E-state index contributed by atoms with van der Waals surface area (Å²) in [4.78, 5) is 0. The van der Waals surface area contributed by atoms with Gasteiger partial charge in [0.1, 0.15) is 0 Å². The molecule has 1 aliphatic rings. The second kappa shape index (κ2) is 2.89. The van der Waals surface area contributed by atoms with Crippen molar-refractivity contribution in [2.45, 2.75) is 38.8 Å². The van der Waals surface area contributed by atoms with E-state index in [0.717, 1.165) is 19.6 Å². The second-order valence-corrected chi connectivity index (χ2v) is 3.38. The van der Waals surface area contributed by atoms with Crippen molar-refractivity contribution in [3.63, 3.8) is 0 Å². The minimum Gasteiger partial charge on any atom is -0.377 e. The highest BCUT2D eigenvalue weighted by Crippen LogP contribution is 2.21. The van der Waals surface area contributed by atoms with Gasteiger partial charge in [0.15, 0.2) is 0 Å². The molecule has 1 aliphatic heterocycles. The van der Waals surface area contributed by atoms with Crippen LogP contribution in [0.5, 0.6) is 0 Å². The standard InChI is InChI=1S/C8H17NO/c1-4-10-7-5-6-9-8(7,2)3/h7,9H,4-6H2,1-3H3. The molecule has 0 bridgehead atoms. The van der Waals surface area contributed by atoms with Crippen LogP contribution in [-0.4, -0.2) is 24.8 Å². The molecule has 0 aromatic heterocycles. The molecule has 60 valence electrons. The molecule has 1 saturated heterocycles. The van der Waals surface area contributed by atoms with Crippen molar-refractivity contribution in [1.82, 2.24) is 5.32 Å². The van der Waals surface area contributed by atoms with Gasteiger partial charge in [-0.1, -0.05) is 0 Å². The SMILES string of the molecule is CCOC1CCNC1(C)C. The van der Waals surface area contributed by atoms with Gasteiger partial charge >= 0.3 is 0 Å². The molecule has 1 rings (SSSR count). The van der Waals surface area contributed by atoms with Gasteiger partial charge in [-0.05, 0) is 33.7 Å². The predicted molar refractivity (Wildman–Crippen MR) is 42.1 cm³/mol. The van der Waals surface area contributed by atoms with Crippen molar-refractivity contribution in [2.24, 2.45) is 0 Å². The van der Waals surface area contributed by atoms with Crippen LogP contribution in [0.3, 0.4) is 0 Å². The minimum atomic E-state index is 0.190. The third-order valence-electron chi connectivity index (χ3n) is 2.16. The number of hydrogen-bond donors (Lipinski definition) is 1. The Morgan fingerprint density at radius 2 is 2.30 bits per heavy atom. The molecule has 0 saturated carbocycles. The molecule has 2 heteroatoms. The van der Waals surface area contributed by atoms with Gasteiger partial charge in [0.25, 0.3) is 0 Å². The fourth-order valence-corrected chi connectivity index (χ4v) is 1.49. The Morgan fingerprint density at radius 3 is 2.70 bits per heavy atom. The molecule has 1 heterocycles. The minimum absolute atomic E-state index is 0.190. The molecule has 10 heavy (non-hydrogen) atoms. The molecule has 1 atom stereocenters. The van der Waals surface area contributed by atoms with Crippen LogP contribution in [0.15, 0.2) is 0 Å². The first kappa shape index (κ1) is 8.02. The van der Waals surface area contributed by atoms with E-state index in [1.54, 1.807) is 0 Å². The zero-order chi connectivity index (χ0) is 7.61. The summed E-state index contributed by atoms with van der Waals surface area (Å²) in [5.41, 5.74) is 0.190. The van der Waals surface area contributed by atoms with Crippen LogP contribution in [0.25, 0.3) is 0 Å². The van der Waals surface area contributed by atoms with E-state index in [-0.39, 0.29) is 5.54 Å². The van der Waals surface area contributed by atoms with E-state index in [1.807, 2.05) is 0 Å². The van der Waals surface area contributed by atoms with Gasteiger partial charge in [-0.2, -0.15) is 0 Å². The Bertz CT molecular complexity index is 112. The molecule has 0 aromatic rings. The Kier molecular flexibility index (Phi) is 2.32. The first-order valence-corrected chi connectivity index (χ1v) is 4.03. The number of nitrogens with one attached hydrogen (secondary N) is 1. The molecule has 2 nitrogen and oxygen atoms in total. The molecule has 1 fully saturated rings. The van der Waals surface area contributed by atoms with E-state index in [4.69, 9.17) is 4.74 Å². The van der Waals surface area contributed by atoms with Crippen LogP contribution in [0.1, 0.15) is 27.2 Å². The van der Waals surface area contributed by atoms with E-state index < -0.39 is 0 Å². The zero-order valence-corrected chi connectivity index (χ0v) is 7.11. The van der Waals surface area contributed by atoms with Gasteiger partial charge in [0, 0.05) is 12.1 Å². The van der Waals surface area contributed by atoms with E-state index >= 15 is 0 Å². The van der Waals surface area contributed by atoms with E-state index in [0.29, 0.717) is 6.10 Å². The lowest BCUT2D eigenvalue weighted by atomic mass is 10.0. The first-order valence-electron chi connectivity index (χ1n) is 4.03. The molecule has 0 aliphatic carbocycles. The Labute approximate surface area is 63.0 Å². The highest BCUT2D eigenvalue weighted by molar-refractivity contribution is 4.93. The topological polar surface area (TPSA) is 21.3 Å². The maximum Gasteiger partial charge on any atom is 0.0763 e. The van der Waals surface area contributed by atoms with Gasteiger partial charge in [-0.25, -0.2) is 0 Å². The maximum atomic E-state index is 5.56. The fraction of sp³-hybridized carbons (Fsp3) is 1.00. The largest absolute Gasteiger partial charge is 0.377 e. The van der Waals surface area contributed by atoms with Crippen molar-refractivity contribution in [3.05, 3.63) is 0 Å². The van der Waals surface area contributed by atoms with Crippen molar-refractivity contribution in [2.75, 3.05) is 13.2 Å². The van der Waals surface area contributed by atoms with Crippen LogP contribution >= 0.6 is 0 Å². The summed E-state index contributed by atoms with van der Waals surface area (Å²) in [6.07, 6.45) is 1.57. The fourth-order valence-electron chi connectivity index (χ4n) is 1.49. The Morgan fingerprint density at radius 1 is 1.60 bits per heavy atom. The lowest BCUT2D eigenvalue weighted by Crippen LogP contribution is -2.42. The average molecular weight is 143 g/mol. The van der Waals surface area contributed by atoms with Crippen LogP contribution < -0.4 is 5.32 Å². The van der Waals surface area contributed by atoms with E-state index in [9.17, 15) is 0 Å². The van der Waals surface area contributed by atoms with Crippen LogP contribution in [0.4, 0.5) is 0 Å². The second-order valence-electron chi connectivity index (χ2n) is 3.38. The molecule has 1 N–H and O–H groups in total. The third-order valence-corrected chi connectivity index (χ3v) is 2.16. The highest BCUT2D eigenvalue weighted by Gasteiger charge is 2.34. The van der Waals surface area contributed by atoms with Crippen molar-refractivity contribution < 1.29 is 4.74 Å². The average Bonchev–Trinajstić information content (AvgIpc) is 2.13. The summed E-state index contributed by atoms with van der Waals surface area (Å²) in [5, 5.41) is 3.41. The summed E-state index contributed by atoms with van der Waals surface area (Å²) in [6.45, 7) is 8.36. The number of ether oxygens (including phenoxy) is 1. The highest BCUT2D eigenvalue weighted by atomic mass is 16.5. The summed E-state index contributed by atoms with van der Waals surface area (Å²) in [5.74, 6) is 0. The van der Waals surface area contributed by atoms with Crippen molar-refractivity contribution >= 4 is 0 Å². The first-order chi connectivity index (χ1) is 4.67. The molecular formula is C8H17NO. The molecule has 0 amide bonds. The normalized spacial score (nSPS) is 30.9. The van der Waals surface area contributed by atoms with Crippen molar-refractivity contribution in [3.8, 4) is 0 Å². The Hall–Kier alpha value is -0.0800. The molecule has 0 radical (unpaired) electrons. The Balaban J connectivity index is 2.43. The quantitative estimate of drug-likeness (QED) is 0.626. The lowest BCUT2D eigenvalue weighted by molar-refractivity contribution is 0.0285. The maximum absolute atomic E-state index is 5.56. The van der Waals surface area contributed by atoms with Gasteiger partial charge in [0.05, 0.1) is 6.10 Å². The van der Waals surface area contributed by atoms with Gasteiger partial charge in [-0.3, -0.25) is 0 Å². The predicted octanol–water partition coefficient (Wildman–Crippen LogP) is 1.16. The molecule has 1 unspecified atom stereocenters. The van der Waals surface area contributed by atoms with Crippen LogP contribution in [-0.2, 0) is 4.74 Å².